The molecule has 64 heavy (non-hydrogen) atoms. The van der Waals surface area contributed by atoms with Gasteiger partial charge in [0.15, 0.2) is 17.3 Å². The Balaban J connectivity index is 1.15. The molecular formula is C46H50FN5O9S3. The molecule has 2 aromatic carbocycles. The first-order valence-corrected chi connectivity index (χ1v) is 24.4. The van der Waals surface area contributed by atoms with Crippen LogP contribution in [0.1, 0.15) is 82.2 Å². The molecule has 2 saturated carbocycles. The van der Waals surface area contributed by atoms with Gasteiger partial charge in [-0.3, -0.25) is 19.1 Å². The number of sulfonamides is 1. The van der Waals surface area contributed by atoms with Crippen LogP contribution in [0.25, 0.3) is 31.7 Å². The fourth-order valence-electron chi connectivity index (χ4n) is 8.39. The van der Waals surface area contributed by atoms with Gasteiger partial charge < -0.3 is 19.1 Å². The molecule has 3 aromatic heterocycles. The Hall–Kier alpha value is -5.33. The maximum Gasteiger partial charge on any atom is 0.357 e. The van der Waals surface area contributed by atoms with Crippen molar-refractivity contribution in [2.45, 2.75) is 96.6 Å². The molecule has 14 nitrogen and oxygen atoms in total. The van der Waals surface area contributed by atoms with Gasteiger partial charge in [-0.1, -0.05) is 26.8 Å². The van der Waals surface area contributed by atoms with Gasteiger partial charge in [0.1, 0.15) is 22.4 Å². The predicted octanol–water partition coefficient (Wildman–Crippen LogP) is 7.69. The molecule has 2 aliphatic carbocycles. The van der Waals surface area contributed by atoms with Crippen LogP contribution in [0.2, 0.25) is 0 Å². The van der Waals surface area contributed by atoms with Crippen LogP contribution in [0.4, 0.5) is 4.39 Å². The van der Waals surface area contributed by atoms with Crippen molar-refractivity contribution in [3.63, 3.8) is 0 Å². The number of ether oxygens (including phenoxy) is 3. The fourth-order valence-corrected chi connectivity index (χ4v) is 11.6. The highest BCUT2D eigenvalue weighted by Gasteiger charge is 2.61. The number of hydrogen-bond acceptors (Lipinski definition) is 14. The zero-order valence-electron chi connectivity index (χ0n) is 36.4. The van der Waals surface area contributed by atoms with Crippen molar-refractivity contribution >= 4 is 76.6 Å². The summed E-state index contributed by atoms with van der Waals surface area (Å²) in [6.45, 7) is 13.4. The number of ketones is 1. The molecule has 1 N–H and O–H groups in total. The quantitative estimate of drug-likeness (QED) is 0.0753. The van der Waals surface area contributed by atoms with Crippen LogP contribution in [-0.4, -0.2) is 89.0 Å². The third kappa shape index (κ3) is 9.13. The molecule has 18 heteroatoms. The van der Waals surface area contributed by atoms with Crippen molar-refractivity contribution in [3.8, 4) is 23.0 Å². The Kier molecular flexibility index (Phi) is 12.2. The molecule has 5 atom stereocenters. The van der Waals surface area contributed by atoms with Crippen LogP contribution in [0.15, 0.2) is 60.5 Å². The van der Waals surface area contributed by atoms with Gasteiger partial charge in [0.25, 0.3) is 0 Å². The summed E-state index contributed by atoms with van der Waals surface area (Å²) in [7, 11) is -2.65. The Morgan fingerprint density at radius 2 is 1.81 bits per heavy atom. The maximum atomic E-state index is 15.1. The van der Waals surface area contributed by atoms with Crippen molar-refractivity contribution in [1.82, 2.24) is 24.6 Å². The first kappa shape index (κ1) is 45.2. The van der Waals surface area contributed by atoms with E-state index in [1.165, 1.54) is 46.8 Å². The number of nitrogens with one attached hydrogen (secondary N) is 1. The summed E-state index contributed by atoms with van der Waals surface area (Å²) in [5.74, 6) is -2.58. The van der Waals surface area contributed by atoms with E-state index in [2.05, 4.69) is 16.3 Å². The second-order valence-electron chi connectivity index (χ2n) is 18.2. The predicted molar refractivity (Wildman–Crippen MR) is 241 cm³/mol. The third-order valence-corrected chi connectivity index (χ3v) is 16.0. The zero-order valence-corrected chi connectivity index (χ0v) is 38.8. The summed E-state index contributed by atoms with van der Waals surface area (Å²) in [4.78, 5) is 71.6. The monoisotopic (exact) mass is 931 g/mol. The first-order chi connectivity index (χ1) is 30.3. The van der Waals surface area contributed by atoms with E-state index in [4.69, 9.17) is 24.2 Å². The Labute approximate surface area is 378 Å². The summed E-state index contributed by atoms with van der Waals surface area (Å²) < 4.78 is 61.5. The highest BCUT2D eigenvalue weighted by atomic mass is 32.2. The van der Waals surface area contributed by atoms with Crippen molar-refractivity contribution in [2.75, 3.05) is 13.7 Å². The number of halogens is 1. The number of thiophene rings is 1. The van der Waals surface area contributed by atoms with Crippen molar-refractivity contribution in [2.24, 2.45) is 22.7 Å². The smallest absolute Gasteiger partial charge is 0.357 e. The lowest BCUT2D eigenvalue weighted by atomic mass is 9.77. The summed E-state index contributed by atoms with van der Waals surface area (Å²) in [6.07, 6.45) is 1.74. The van der Waals surface area contributed by atoms with Gasteiger partial charge >= 0.3 is 5.97 Å². The van der Waals surface area contributed by atoms with Gasteiger partial charge in [0.2, 0.25) is 27.7 Å². The lowest BCUT2D eigenvalue weighted by molar-refractivity contribution is -0.144. The molecule has 1 saturated heterocycles. The van der Waals surface area contributed by atoms with Gasteiger partial charge in [-0.05, 0) is 86.9 Å². The Morgan fingerprint density at radius 3 is 2.45 bits per heavy atom. The zero-order chi connectivity index (χ0) is 45.9. The topological polar surface area (TPSA) is 184 Å². The van der Waals surface area contributed by atoms with Crippen molar-refractivity contribution in [1.29, 1.82) is 0 Å². The van der Waals surface area contributed by atoms with Crippen LogP contribution in [-0.2, 0) is 35.6 Å². The number of allylic oxidation sites excluding steroid dienone is 1. The van der Waals surface area contributed by atoms with Gasteiger partial charge in [-0.2, -0.15) is 4.98 Å². The highest BCUT2D eigenvalue weighted by Crippen LogP contribution is 2.57. The Morgan fingerprint density at radius 1 is 1.08 bits per heavy atom. The third-order valence-electron chi connectivity index (χ3n) is 12.2. The highest BCUT2D eigenvalue weighted by molar-refractivity contribution is 7.90. The number of methoxy groups -OCH3 is 1. The van der Waals surface area contributed by atoms with Crippen molar-refractivity contribution < 1.29 is 46.2 Å². The van der Waals surface area contributed by atoms with E-state index in [0.29, 0.717) is 50.6 Å². The number of benzene rings is 2. The number of hydrogen-bond donors (Lipinski definition) is 1. The van der Waals surface area contributed by atoms with E-state index < -0.39 is 73.6 Å². The summed E-state index contributed by atoms with van der Waals surface area (Å²) in [5.41, 5.74) is -0.758. The molecule has 8 rings (SSSR count). The number of nitrogens with zero attached hydrogens (tertiary/aromatic N) is 4. The van der Waals surface area contributed by atoms with E-state index in [9.17, 15) is 27.2 Å². The minimum absolute atomic E-state index is 0.0313. The molecule has 338 valence electrons. The molecule has 0 unspecified atom stereocenters. The average Bonchev–Trinajstić information content (AvgIpc) is 4.08. The lowest BCUT2D eigenvalue weighted by Gasteiger charge is -2.35. The molecule has 3 fully saturated rings. The first-order valence-electron chi connectivity index (χ1n) is 21.2. The minimum atomic E-state index is -3.91. The standard InChI is InChI=1S/C46H50FN5O9S3/c1-8-26-20-46(26,44(56)51-64(57,58)30-14-15-30)21-35(53)34-18-29(22-52(34)42(54)32(45(4,5)6)19-37-48-33(23-62-37)43(55)59-7)61-41-39-38(31-17-27(47)11-16-36(31)63-39)49-40(50-41)25-9-12-28(13-10-25)60-24(2)3/h8-13,16-17,23-24,26,29-30,32,34H,1,14-15,18-22H2,2-7H3,(H,51,56)/t26-,29-,32-,34+,46-/m1/s1. The number of thiazole rings is 1. The molecule has 2 amide bonds. The molecule has 0 bridgehead atoms. The minimum Gasteiger partial charge on any atom is -0.491 e. The summed E-state index contributed by atoms with van der Waals surface area (Å²) in [6, 6.07) is 10.6. The molecular weight excluding hydrogens is 882 g/mol. The fraction of sp³-hybridized carbons (Fsp3) is 0.457. The number of likely N-dealkylation sites (tertiary alicyclic amines) is 1. The van der Waals surface area contributed by atoms with E-state index in [0.717, 1.165) is 4.70 Å². The number of carbonyl (C=O) groups excluding carboxylic acids is 4. The van der Waals surface area contributed by atoms with E-state index in [1.807, 2.05) is 58.9 Å². The maximum absolute atomic E-state index is 15.1. The number of aromatic nitrogens is 3. The number of esters is 1. The van der Waals surface area contributed by atoms with Gasteiger partial charge in [-0.15, -0.1) is 29.3 Å². The summed E-state index contributed by atoms with van der Waals surface area (Å²) >= 11 is 2.56. The molecule has 1 aliphatic heterocycles. The Bertz CT molecular complexity index is 2780. The second-order valence-corrected chi connectivity index (χ2v) is 22.2. The SMILES string of the molecule is C=C[C@@H]1C[C@]1(CC(=O)[C@@H]1C[C@@H](Oc2nc(-c3ccc(OC(C)C)cc3)nc3c2sc2ccc(F)cc23)CN1C(=O)[C@@H](Cc1nc(C(=O)OC)cs1)C(C)(C)C)C(=O)NS(=O)(=O)C1CC1. The average molecular weight is 932 g/mol. The van der Waals surface area contributed by atoms with E-state index in [1.54, 1.807) is 17.5 Å². The normalized spacial score (nSPS) is 21.5. The molecule has 3 aliphatic rings. The molecule has 4 heterocycles. The number of rotatable bonds is 16. The van der Waals surface area contributed by atoms with Crippen LogP contribution in [0.3, 0.4) is 0 Å². The van der Waals surface area contributed by atoms with E-state index in [-0.39, 0.29) is 55.8 Å². The number of amides is 2. The number of fused-ring (bicyclic) bond motifs is 3. The lowest BCUT2D eigenvalue weighted by Crippen LogP contribution is -2.48. The van der Waals surface area contributed by atoms with Crippen LogP contribution in [0.5, 0.6) is 11.6 Å². The van der Waals surface area contributed by atoms with Gasteiger partial charge in [-0.25, -0.2) is 27.6 Å². The number of Topliss-reactive ketones (excluding diaryl/α,β-unsaturated/α-hetero) is 1. The summed E-state index contributed by atoms with van der Waals surface area (Å²) in [5, 5.41) is 2.03. The van der Waals surface area contributed by atoms with E-state index >= 15 is 4.79 Å². The van der Waals surface area contributed by atoms with Crippen molar-refractivity contribution in [3.05, 3.63) is 77.0 Å². The number of carbonyl (C=O) groups is 4. The second kappa shape index (κ2) is 17.2. The van der Waals surface area contributed by atoms with Gasteiger partial charge in [0, 0.05) is 46.2 Å². The van der Waals surface area contributed by atoms with Gasteiger partial charge in [0.05, 0.1) is 47.0 Å². The molecule has 0 spiro atoms. The van der Waals surface area contributed by atoms with Crippen LogP contribution < -0.4 is 14.2 Å². The molecule has 5 aromatic rings. The van der Waals surface area contributed by atoms with Crippen LogP contribution >= 0.6 is 22.7 Å². The molecule has 0 radical (unpaired) electrons. The largest absolute Gasteiger partial charge is 0.491 e. The van der Waals surface area contributed by atoms with Crippen LogP contribution in [0, 0.1) is 28.5 Å².